The summed E-state index contributed by atoms with van der Waals surface area (Å²) in [6.07, 6.45) is 0. The maximum absolute atomic E-state index is 5.69. The number of hydrogen-bond donors (Lipinski definition) is 1. The minimum absolute atomic E-state index is 0.0646. The fraction of sp³-hybridized carbons (Fsp3) is 0.769. The zero-order valence-corrected chi connectivity index (χ0v) is 11.5. The molecule has 2 rings (SSSR count). The van der Waals surface area contributed by atoms with E-state index in [0.29, 0.717) is 0 Å². The molecule has 18 heavy (non-hydrogen) atoms. The summed E-state index contributed by atoms with van der Waals surface area (Å²) in [6, 6.07) is 2.03. The summed E-state index contributed by atoms with van der Waals surface area (Å²) in [6.45, 7) is 11.5. The van der Waals surface area contributed by atoms with E-state index >= 15 is 0 Å². The Kier molecular flexibility index (Phi) is 4.37. The number of nitrogens with one attached hydrogen (secondary N) is 1. The lowest BCUT2D eigenvalue weighted by Gasteiger charge is -2.37. The predicted octanol–water partition coefficient (Wildman–Crippen LogP) is 1.39. The minimum atomic E-state index is -0.0646. The Morgan fingerprint density at radius 3 is 3.06 bits per heavy atom. The van der Waals surface area contributed by atoms with E-state index in [9.17, 15) is 0 Å². The van der Waals surface area contributed by atoms with Crippen molar-refractivity contribution in [1.29, 1.82) is 0 Å². The Labute approximate surface area is 108 Å². The van der Waals surface area contributed by atoms with Gasteiger partial charge in [0.05, 0.1) is 24.4 Å². The first-order chi connectivity index (χ1) is 8.59. The smallest absolute Gasteiger partial charge is 0.151 e. The molecule has 1 aliphatic heterocycles. The quantitative estimate of drug-likeness (QED) is 0.859. The lowest BCUT2D eigenvalue weighted by molar-refractivity contribution is -0.0896. The molecule has 1 aliphatic rings. The second-order valence-corrected chi connectivity index (χ2v) is 5.38. The van der Waals surface area contributed by atoms with E-state index in [1.54, 1.807) is 0 Å². The van der Waals surface area contributed by atoms with Crippen LogP contribution >= 0.6 is 0 Å². The molecule has 1 saturated heterocycles. The molecule has 1 N–H and O–H groups in total. The summed E-state index contributed by atoms with van der Waals surface area (Å²) in [4.78, 5) is 2.35. The van der Waals surface area contributed by atoms with Gasteiger partial charge in [0.25, 0.3) is 0 Å². The van der Waals surface area contributed by atoms with Crippen LogP contribution in [-0.2, 0) is 17.8 Å². The molecule has 0 aromatic carbocycles. The van der Waals surface area contributed by atoms with Crippen LogP contribution < -0.4 is 5.32 Å². The number of rotatable bonds is 5. The third-order valence-electron chi connectivity index (χ3n) is 3.05. The molecule has 0 radical (unpaired) electrons. The van der Waals surface area contributed by atoms with Gasteiger partial charge < -0.3 is 14.6 Å². The highest BCUT2D eigenvalue weighted by Crippen LogP contribution is 2.18. The van der Waals surface area contributed by atoms with Crippen molar-refractivity contribution in [2.24, 2.45) is 0 Å². The lowest BCUT2D eigenvalue weighted by Crippen LogP contribution is -2.47. The molecule has 5 heteroatoms. The molecule has 2 heterocycles. The molecule has 0 aliphatic carbocycles. The molecule has 0 unspecified atom stereocenters. The highest BCUT2D eigenvalue weighted by molar-refractivity contribution is 5.05. The van der Waals surface area contributed by atoms with Crippen molar-refractivity contribution in [3.05, 3.63) is 17.5 Å². The molecule has 5 nitrogen and oxygen atoms in total. The predicted molar refractivity (Wildman–Crippen MR) is 69.2 cm³/mol. The highest BCUT2D eigenvalue weighted by Gasteiger charge is 2.27. The monoisotopic (exact) mass is 253 g/mol. The lowest BCUT2D eigenvalue weighted by atomic mass is 10.1. The molecular weight excluding hydrogens is 230 g/mol. The van der Waals surface area contributed by atoms with E-state index in [4.69, 9.17) is 9.26 Å². The van der Waals surface area contributed by atoms with E-state index in [2.05, 4.69) is 36.1 Å². The first kappa shape index (κ1) is 13.5. The molecule has 0 atom stereocenters. The van der Waals surface area contributed by atoms with E-state index < -0.39 is 0 Å². The van der Waals surface area contributed by atoms with E-state index in [1.807, 2.05) is 6.07 Å². The number of hydrogen-bond acceptors (Lipinski definition) is 5. The van der Waals surface area contributed by atoms with Crippen LogP contribution in [0.3, 0.4) is 0 Å². The Morgan fingerprint density at radius 1 is 1.50 bits per heavy atom. The second-order valence-electron chi connectivity index (χ2n) is 5.38. The SMILES string of the molecule is CCNCc1cc(CN2CCOC(C)(C)C2)on1. The van der Waals surface area contributed by atoms with E-state index in [1.165, 1.54) is 0 Å². The first-order valence-corrected chi connectivity index (χ1v) is 6.60. The Morgan fingerprint density at radius 2 is 2.33 bits per heavy atom. The molecule has 1 aromatic rings. The van der Waals surface area contributed by atoms with Crippen molar-refractivity contribution < 1.29 is 9.26 Å². The van der Waals surface area contributed by atoms with Crippen molar-refractivity contribution >= 4 is 0 Å². The topological polar surface area (TPSA) is 50.5 Å². The first-order valence-electron chi connectivity index (χ1n) is 6.60. The Bertz CT molecular complexity index is 376. The van der Waals surface area contributed by atoms with Gasteiger partial charge >= 0.3 is 0 Å². The number of aromatic nitrogens is 1. The molecular formula is C13H23N3O2. The maximum Gasteiger partial charge on any atom is 0.151 e. The van der Waals surface area contributed by atoms with Gasteiger partial charge in [-0.1, -0.05) is 12.1 Å². The van der Waals surface area contributed by atoms with Gasteiger partial charge in [0.2, 0.25) is 0 Å². The number of morpholine rings is 1. The molecule has 1 aromatic heterocycles. The summed E-state index contributed by atoms with van der Waals surface area (Å²) in [7, 11) is 0. The average Bonchev–Trinajstić information content (AvgIpc) is 2.73. The van der Waals surface area contributed by atoms with Crippen LogP contribution in [0.2, 0.25) is 0 Å². The molecule has 102 valence electrons. The van der Waals surface area contributed by atoms with E-state index in [0.717, 1.165) is 50.8 Å². The van der Waals surface area contributed by atoms with Gasteiger partial charge in [-0.05, 0) is 20.4 Å². The van der Waals surface area contributed by atoms with Gasteiger partial charge in [0.15, 0.2) is 5.76 Å². The normalized spacial score (nSPS) is 20.2. The largest absolute Gasteiger partial charge is 0.373 e. The fourth-order valence-corrected chi connectivity index (χ4v) is 2.24. The van der Waals surface area contributed by atoms with Gasteiger partial charge in [-0.2, -0.15) is 0 Å². The van der Waals surface area contributed by atoms with E-state index in [-0.39, 0.29) is 5.60 Å². The summed E-state index contributed by atoms with van der Waals surface area (Å²) >= 11 is 0. The van der Waals surface area contributed by atoms with Crippen molar-refractivity contribution in [2.45, 2.75) is 39.5 Å². The number of nitrogens with zero attached hydrogens (tertiary/aromatic N) is 2. The van der Waals surface area contributed by atoms with Crippen molar-refractivity contribution in [3.63, 3.8) is 0 Å². The standard InChI is InChI=1S/C13H23N3O2/c1-4-14-8-11-7-12(18-15-11)9-16-5-6-17-13(2,3)10-16/h7,14H,4-6,8-10H2,1-3H3. The van der Waals surface area contributed by atoms with Crippen LogP contribution in [0.15, 0.2) is 10.6 Å². The van der Waals surface area contributed by atoms with Crippen LogP contribution in [0.25, 0.3) is 0 Å². The second kappa shape index (κ2) is 5.82. The molecule has 0 spiro atoms. The summed E-state index contributed by atoms with van der Waals surface area (Å²) in [5, 5.41) is 7.30. The van der Waals surface area contributed by atoms with Crippen LogP contribution in [0.4, 0.5) is 0 Å². The Hall–Kier alpha value is -0.910. The van der Waals surface area contributed by atoms with Crippen LogP contribution in [0, 0.1) is 0 Å². The van der Waals surface area contributed by atoms with Gasteiger partial charge in [-0.15, -0.1) is 0 Å². The zero-order chi connectivity index (χ0) is 13.0. The number of ether oxygens (including phenoxy) is 1. The molecule has 0 amide bonds. The molecule has 1 fully saturated rings. The van der Waals surface area contributed by atoms with Crippen LogP contribution in [0.1, 0.15) is 32.2 Å². The van der Waals surface area contributed by atoms with Gasteiger partial charge in [0.1, 0.15) is 0 Å². The Balaban J connectivity index is 1.87. The van der Waals surface area contributed by atoms with Crippen LogP contribution in [-0.4, -0.2) is 41.9 Å². The molecule has 0 bridgehead atoms. The minimum Gasteiger partial charge on any atom is -0.373 e. The third-order valence-corrected chi connectivity index (χ3v) is 3.05. The maximum atomic E-state index is 5.69. The van der Waals surface area contributed by atoms with Gasteiger partial charge in [-0.25, -0.2) is 0 Å². The van der Waals surface area contributed by atoms with Crippen molar-refractivity contribution in [1.82, 2.24) is 15.4 Å². The summed E-state index contributed by atoms with van der Waals surface area (Å²) in [5.74, 6) is 0.931. The van der Waals surface area contributed by atoms with Crippen molar-refractivity contribution in [3.8, 4) is 0 Å². The zero-order valence-electron chi connectivity index (χ0n) is 11.5. The van der Waals surface area contributed by atoms with Crippen LogP contribution in [0.5, 0.6) is 0 Å². The highest BCUT2D eigenvalue weighted by atomic mass is 16.5. The fourth-order valence-electron chi connectivity index (χ4n) is 2.24. The summed E-state index contributed by atoms with van der Waals surface area (Å²) in [5.41, 5.74) is 0.907. The summed E-state index contributed by atoms with van der Waals surface area (Å²) < 4.78 is 11.1. The van der Waals surface area contributed by atoms with Crippen molar-refractivity contribution in [2.75, 3.05) is 26.2 Å². The van der Waals surface area contributed by atoms with Gasteiger partial charge in [-0.3, -0.25) is 4.90 Å². The third kappa shape index (κ3) is 3.80. The average molecular weight is 253 g/mol. The molecule has 0 saturated carbocycles. The van der Waals surface area contributed by atoms with Gasteiger partial charge in [0, 0.05) is 25.7 Å².